The summed E-state index contributed by atoms with van der Waals surface area (Å²) < 4.78 is 6.61. The lowest BCUT2D eigenvalue weighted by Gasteiger charge is -2.06. The van der Waals surface area contributed by atoms with Gasteiger partial charge in [-0.05, 0) is 55.0 Å². The van der Waals surface area contributed by atoms with Gasteiger partial charge < -0.3 is 4.74 Å². The number of ether oxygens (including phenoxy) is 1. The van der Waals surface area contributed by atoms with Crippen molar-refractivity contribution in [2.24, 2.45) is 0 Å². The van der Waals surface area contributed by atoms with Crippen molar-refractivity contribution in [3.05, 3.63) is 82.9 Å². The van der Waals surface area contributed by atoms with Gasteiger partial charge in [-0.15, -0.1) is 0 Å². The first-order valence-electron chi connectivity index (χ1n) is 8.30. The zero-order valence-electron chi connectivity index (χ0n) is 14.4. The first-order valence-corrected chi connectivity index (χ1v) is 9.49. The number of amides is 1. The molecule has 1 amide bonds. The minimum atomic E-state index is -0.228. The molecule has 0 spiro atoms. The summed E-state index contributed by atoms with van der Waals surface area (Å²) in [7, 11) is 0. The van der Waals surface area contributed by atoms with E-state index in [0.717, 1.165) is 21.5 Å². The van der Waals surface area contributed by atoms with Crippen LogP contribution in [-0.2, 0) is 0 Å². The van der Waals surface area contributed by atoms with E-state index in [4.69, 9.17) is 16.3 Å². The van der Waals surface area contributed by atoms with Crippen molar-refractivity contribution in [3.63, 3.8) is 0 Å². The highest BCUT2D eigenvalue weighted by Crippen LogP contribution is 2.34. The fourth-order valence-electron chi connectivity index (χ4n) is 2.62. The molecule has 4 rings (SSSR count). The van der Waals surface area contributed by atoms with E-state index in [0.29, 0.717) is 21.5 Å². The molecular weight excluding hydrogens is 380 g/mol. The summed E-state index contributed by atoms with van der Waals surface area (Å²) in [6, 6.07) is 20.2. The van der Waals surface area contributed by atoms with Crippen LogP contribution in [-0.4, -0.2) is 10.9 Å². The van der Waals surface area contributed by atoms with Crippen LogP contribution in [0.25, 0.3) is 10.2 Å². The van der Waals surface area contributed by atoms with Crippen LogP contribution in [0.1, 0.15) is 15.9 Å². The molecule has 0 radical (unpaired) electrons. The molecule has 0 aliphatic heterocycles. The van der Waals surface area contributed by atoms with Crippen LogP contribution < -0.4 is 10.1 Å². The third kappa shape index (κ3) is 3.79. The molecule has 0 saturated heterocycles. The van der Waals surface area contributed by atoms with Crippen LogP contribution >= 0.6 is 22.9 Å². The summed E-state index contributed by atoms with van der Waals surface area (Å²) in [4.78, 5) is 17.0. The number of hydrogen-bond acceptors (Lipinski definition) is 4. The number of nitrogens with zero attached hydrogens (tertiary/aromatic N) is 1. The summed E-state index contributed by atoms with van der Waals surface area (Å²) in [6.45, 7) is 1.97. The molecule has 3 aromatic carbocycles. The van der Waals surface area contributed by atoms with Gasteiger partial charge in [0, 0.05) is 5.56 Å². The Kier molecular flexibility index (Phi) is 4.79. The molecular formula is C21H15ClN2O2S. The van der Waals surface area contributed by atoms with Gasteiger partial charge >= 0.3 is 0 Å². The average Bonchev–Trinajstić information content (AvgIpc) is 3.11. The molecule has 6 heteroatoms. The number of benzene rings is 3. The number of aromatic nitrogens is 1. The first kappa shape index (κ1) is 17.5. The Hall–Kier alpha value is -2.89. The Morgan fingerprint density at radius 2 is 1.70 bits per heavy atom. The second kappa shape index (κ2) is 7.39. The van der Waals surface area contributed by atoms with Crippen molar-refractivity contribution >= 4 is 44.2 Å². The van der Waals surface area contributed by atoms with Gasteiger partial charge in [-0.25, -0.2) is 4.98 Å². The van der Waals surface area contributed by atoms with Crippen LogP contribution in [0.15, 0.2) is 66.7 Å². The van der Waals surface area contributed by atoms with Crippen molar-refractivity contribution in [1.29, 1.82) is 0 Å². The zero-order valence-corrected chi connectivity index (χ0v) is 16.0. The molecule has 0 unspecified atom stereocenters. The third-order valence-corrected chi connectivity index (χ3v) is 5.44. The first-order chi connectivity index (χ1) is 13.1. The highest BCUT2D eigenvalue weighted by molar-refractivity contribution is 7.23. The Labute approximate surface area is 165 Å². The third-order valence-electron chi connectivity index (χ3n) is 4.01. The molecule has 0 saturated carbocycles. The van der Waals surface area contributed by atoms with Crippen LogP contribution in [0.4, 0.5) is 5.13 Å². The van der Waals surface area contributed by atoms with Gasteiger partial charge in [0.15, 0.2) is 5.13 Å². The number of anilines is 1. The van der Waals surface area contributed by atoms with E-state index < -0.39 is 0 Å². The summed E-state index contributed by atoms with van der Waals surface area (Å²) in [6.07, 6.45) is 0. The summed E-state index contributed by atoms with van der Waals surface area (Å²) in [5.41, 5.74) is 2.36. The van der Waals surface area contributed by atoms with Gasteiger partial charge in [0.1, 0.15) is 11.5 Å². The number of fused-ring (bicyclic) bond motifs is 1. The van der Waals surface area contributed by atoms with E-state index in [1.807, 2.05) is 49.4 Å². The van der Waals surface area contributed by atoms with Crippen molar-refractivity contribution in [2.45, 2.75) is 6.92 Å². The van der Waals surface area contributed by atoms with Gasteiger partial charge in [0.25, 0.3) is 5.91 Å². The largest absolute Gasteiger partial charge is 0.457 e. The predicted octanol–water partition coefficient (Wildman–Crippen LogP) is 6.30. The fraction of sp³-hybridized carbons (Fsp3) is 0.0476. The Morgan fingerprint density at radius 3 is 2.41 bits per heavy atom. The van der Waals surface area contributed by atoms with Crippen molar-refractivity contribution < 1.29 is 9.53 Å². The van der Waals surface area contributed by atoms with E-state index in [1.54, 1.807) is 24.3 Å². The van der Waals surface area contributed by atoms with E-state index in [2.05, 4.69) is 10.3 Å². The smallest absolute Gasteiger partial charge is 0.257 e. The van der Waals surface area contributed by atoms with Gasteiger partial charge in [-0.3, -0.25) is 10.1 Å². The number of carbonyl (C=O) groups excluding carboxylic acids is 1. The SMILES string of the molecule is Cc1ccc(Cl)c2sc(NC(=O)c3ccc(Oc4ccccc4)cc3)nc12. The molecule has 1 N–H and O–H groups in total. The number of hydrogen-bond donors (Lipinski definition) is 1. The number of rotatable bonds is 4. The quantitative estimate of drug-likeness (QED) is 0.441. The topological polar surface area (TPSA) is 51.2 Å². The maximum Gasteiger partial charge on any atom is 0.257 e. The molecule has 0 aliphatic rings. The molecule has 27 heavy (non-hydrogen) atoms. The average molecular weight is 395 g/mol. The highest BCUT2D eigenvalue weighted by Gasteiger charge is 2.13. The molecule has 0 bridgehead atoms. The van der Waals surface area contributed by atoms with Crippen molar-refractivity contribution in [3.8, 4) is 11.5 Å². The van der Waals surface area contributed by atoms with Crippen molar-refractivity contribution in [1.82, 2.24) is 4.98 Å². The number of thiazole rings is 1. The maximum atomic E-state index is 12.5. The van der Waals surface area contributed by atoms with E-state index >= 15 is 0 Å². The minimum Gasteiger partial charge on any atom is -0.457 e. The van der Waals surface area contributed by atoms with Crippen LogP contribution in [0.2, 0.25) is 5.02 Å². The highest BCUT2D eigenvalue weighted by atomic mass is 35.5. The van der Waals surface area contributed by atoms with E-state index in [9.17, 15) is 4.79 Å². The van der Waals surface area contributed by atoms with E-state index in [-0.39, 0.29) is 5.91 Å². The van der Waals surface area contributed by atoms with Crippen LogP contribution in [0.5, 0.6) is 11.5 Å². The molecule has 0 fully saturated rings. The lowest BCUT2D eigenvalue weighted by Crippen LogP contribution is -2.11. The van der Waals surface area contributed by atoms with Gasteiger partial charge in [-0.1, -0.05) is 47.2 Å². The monoisotopic (exact) mass is 394 g/mol. The molecule has 134 valence electrons. The summed E-state index contributed by atoms with van der Waals surface area (Å²) in [5.74, 6) is 1.19. The number of para-hydroxylation sites is 1. The standard InChI is InChI=1S/C21H15ClN2O2S/c1-13-7-12-17(22)19-18(13)23-21(27-19)24-20(25)14-8-10-16(11-9-14)26-15-5-3-2-4-6-15/h2-12H,1H3,(H,23,24,25). The second-order valence-corrected chi connectivity index (χ2v) is 7.36. The molecule has 4 nitrogen and oxygen atoms in total. The van der Waals surface area contributed by atoms with E-state index in [1.165, 1.54) is 11.3 Å². The Bertz CT molecular complexity index is 1070. The second-order valence-electron chi connectivity index (χ2n) is 5.95. The Balaban J connectivity index is 1.50. The summed E-state index contributed by atoms with van der Waals surface area (Å²) in [5, 5.41) is 4.00. The van der Waals surface area contributed by atoms with Crippen molar-refractivity contribution in [2.75, 3.05) is 5.32 Å². The molecule has 4 aromatic rings. The lowest BCUT2D eigenvalue weighted by molar-refractivity contribution is 0.102. The Morgan fingerprint density at radius 1 is 1.00 bits per heavy atom. The molecule has 1 heterocycles. The zero-order chi connectivity index (χ0) is 18.8. The normalized spacial score (nSPS) is 10.7. The predicted molar refractivity (Wildman–Crippen MR) is 110 cm³/mol. The maximum absolute atomic E-state index is 12.5. The number of carbonyl (C=O) groups is 1. The van der Waals surface area contributed by atoms with Crippen LogP contribution in [0.3, 0.4) is 0 Å². The van der Waals surface area contributed by atoms with Gasteiger partial charge in [0.05, 0.1) is 15.2 Å². The lowest BCUT2D eigenvalue weighted by atomic mass is 10.2. The summed E-state index contributed by atoms with van der Waals surface area (Å²) >= 11 is 7.59. The molecule has 1 aromatic heterocycles. The molecule has 0 atom stereocenters. The number of aryl methyl sites for hydroxylation is 1. The van der Waals surface area contributed by atoms with Crippen LogP contribution in [0, 0.1) is 6.92 Å². The number of nitrogens with one attached hydrogen (secondary N) is 1. The minimum absolute atomic E-state index is 0.228. The van der Waals surface area contributed by atoms with Gasteiger partial charge in [0.2, 0.25) is 0 Å². The van der Waals surface area contributed by atoms with Gasteiger partial charge in [-0.2, -0.15) is 0 Å². The molecule has 0 aliphatic carbocycles. The number of halogens is 1. The fourth-order valence-corrected chi connectivity index (χ4v) is 3.83.